The van der Waals surface area contributed by atoms with E-state index in [0.717, 1.165) is 22.4 Å². The third-order valence-electron chi connectivity index (χ3n) is 3.49. The molecule has 0 fully saturated rings. The van der Waals surface area contributed by atoms with Crippen LogP contribution in [0.4, 0.5) is 0 Å². The smallest absolute Gasteiger partial charge is 0.261 e. The van der Waals surface area contributed by atoms with E-state index in [4.69, 9.17) is 4.74 Å². The molecule has 136 valence electrons. The number of carbonyl (C=O) groups excluding carboxylic acids is 1. The molecule has 0 radical (unpaired) electrons. The van der Waals surface area contributed by atoms with Crippen LogP contribution in [0.2, 0.25) is 0 Å². The van der Waals surface area contributed by atoms with Gasteiger partial charge in [-0.25, -0.2) is 13.1 Å². The Kier molecular flexibility index (Phi) is 6.98. The van der Waals surface area contributed by atoms with Crippen molar-refractivity contribution in [3.63, 3.8) is 0 Å². The van der Waals surface area contributed by atoms with Crippen molar-refractivity contribution < 1.29 is 17.9 Å². The Morgan fingerprint density at radius 1 is 1.12 bits per heavy atom. The first-order valence-electron chi connectivity index (χ1n) is 7.82. The van der Waals surface area contributed by atoms with Gasteiger partial charge in [-0.3, -0.25) is 4.79 Å². The minimum Gasteiger partial charge on any atom is -0.496 e. The summed E-state index contributed by atoms with van der Waals surface area (Å²) in [5, 5.41) is 2.90. The van der Waals surface area contributed by atoms with Gasteiger partial charge < -0.3 is 10.1 Å². The maximum Gasteiger partial charge on any atom is 0.261 e. The van der Waals surface area contributed by atoms with Crippen molar-refractivity contribution in [1.29, 1.82) is 0 Å². The molecule has 0 unspecified atom stereocenters. The second-order valence-corrected chi connectivity index (χ2v) is 8.50. The molecule has 0 bridgehead atoms. The highest BCUT2D eigenvalue weighted by Crippen LogP contribution is 2.18. The SMILES string of the molecule is COc1ccccc1CCNC(=O)c1ccc(CCNS(C)(=O)=O)s1. The van der Waals surface area contributed by atoms with Crippen molar-refractivity contribution in [2.45, 2.75) is 12.8 Å². The third kappa shape index (κ3) is 6.49. The van der Waals surface area contributed by atoms with Gasteiger partial charge in [-0.15, -0.1) is 11.3 Å². The van der Waals surface area contributed by atoms with Crippen LogP contribution in [0, 0.1) is 0 Å². The molecule has 0 saturated carbocycles. The molecule has 1 aromatic heterocycles. The summed E-state index contributed by atoms with van der Waals surface area (Å²) in [4.78, 5) is 13.8. The molecule has 0 aliphatic carbocycles. The lowest BCUT2D eigenvalue weighted by Crippen LogP contribution is -2.25. The zero-order valence-electron chi connectivity index (χ0n) is 14.2. The van der Waals surface area contributed by atoms with Gasteiger partial charge in [0.1, 0.15) is 5.75 Å². The van der Waals surface area contributed by atoms with E-state index in [9.17, 15) is 13.2 Å². The number of para-hydroxylation sites is 1. The van der Waals surface area contributed by atoms with Crippen LogP contribution in [0.3, 0.4) is 0 Å². The van der Waals surface area contributed by atoms with E-state index < -0.39 is 10.0 Å². The highest BCUT2D eigenvalue weighted by atomic mass is 32.2. The summed E-state index contributed by atoms with van der Waals surface area (Å²) in [6.07, 6.45) is 2.38. The summed E-state index contributed by atoms with van der Waals surface area (Å²) in [6, 6.07) is 11.3. The van der Waals surface area contributed by atoms with E-state index in [-0.39, 0.29) is 5.91 Å². The van der Waals surface area contributed by atoms with Crippen LogP contribution >= 0.6 is 11.3 Å². The topological polar surface area (TPSA) is 84.5 Å². The first-order chi connectivity index (χ1) is 11.9. The number of nitrogens with one attached hydrogen (secondary N) is 2. The van der Waals surface area contributed by atoms with Crippen molar-refractivity contribution in [2.75, 3.05) is 26.5 Å². The molecular weight excluding hydrogens is 360 g/mol. The molecular formula is C17H22N2O4S2. The lowest BCUT2D eigenvalue weighted by Gasteiger charge is -2.08. The number of amides is 1. The van der Waals surface area contributed by atoms with Gasteiger partial charge in [0, 0.05) is 18.0 Å². The summed E-state index contributed by atoms with van der Waals surface area (Å²) < 4.78 is 29.8. The minimum atomic E-state index is -3.18. The lowest BCUT2D eigenvalue weighted by atomic mass is 10.1. The summed E-state index contributed by atoms with van der Waals surface area (Å²) in [5.74, 6) is 0.691. The van der Waals surface area contributed by atoms with Crippen molar-refractivity contribution >= 4 is 27.3 Å². The Morgan fingerprint density at radius 3 is 2.60 bits per heavy atom. The molecule has 2 aromatic rings. The fourth-order valence-corrected chi connectivity index (χ4v) is 3.70. The molecule has 6 nitrogen and oxygen atoms in total. The van der Waals surface area contributed by atoms with Crippen molar-refractivity contribution in [3.8, 4) is 5.75 Å². The molecule has 0 spiro atoms. The predicted molar refractivity (Wildman–Crippen MR) is 99.9 cm³/mol. The molecule has 1 aromatic carbocycles. The summed E-state index contributed by atoms with van der Waals surface area (Å²) in [7, 11) is -1.55. The molecule has 0 aliphatic heterocycles. The number of sulfonamides is 1. The molecule has 0 atom stereocenters. The minimum absolute atomic E-state index is 0.123. The quantitative estimate of drug-likeness (QED) is 0.693. The average Bonchev–Trinajstić information content (AvgIpc) is 3.03. The monoisotopic (exact) mass is 382 g/mol. The average molecular weight is 383 g/mol. The largest absolute Gasteiger partial charge is 0.496 e. The maximum atomic E-state index is 12.2. The Labute approximate surface area is 152 Å². The Morgan fingerprint density at radius 2 is 1.88 bits per heavy atom. The second-order valence-electron chi connectivity index (χ2n) is 5.50. The molecule has 2 N–H and O–H groups in total. The Bertz CT molecular complexity index is 816. The van der Waals surface area contributed by atoms with E-state index in [1.54, 1.807) is 13.2 Å². The van der Waals surface area contributed by atoms with E-state index in [2.05, 4.69) is 10.0 Å². The number of rotatable bonds is 9. The normalized spacial score (nSPS) is 11.3. The Hall–Kier alpha value is -1.90. The summed E-state index contributed by atoms with van der Waals surface area (Å²) in [5.41, 5.74) is 1.05. The van der Waals surface area contributed by atoms with Gasteiger partial charge in [0.05, 0.1) is 18.2 Å². The van der Waals surface area contributed by atoms with Crippen LogP contribution in [0.15, 0.2) is 36.4 Å². The Balaban J connectivity index is 1.81. The standard InChI is InChI=1S/C17H22N2O4S2/c1-23-15-6-4-3-5-13(15)9-11-18-17(20)16-8-7-14(24-16)10-12-19-25(2,21)22/h3-8,19H,9-12H2,1-2H3,(H,18,20). The van der Waals surface area contributed by atoms with Gasteiger partial charge in [-0.1, -0.05) is 18.2 Å². The molecule has 8 heteroatoms. The summed E-state index contributed by atoms with van der Waals surface area (Å²) in [6.45, 7) is 0.844. The zero-order valence-corrected chi connectivity index (χ0v) is 15.9. The van der Waals surface area contributed by atoms with Crippen molar-refractivity contribution in [2.24, 2.45) is 0 Å². The predicted octanol–water partition coefficient (Wildman–Crippen LogP) is 1.82. The number of methoxy groups -OCH3 is 1. The first-order valence-corrected chi connectivity index (χ1v) is 10.5. The van der Waals surface area contributed by atoms with E-state index in [0.29, 0.717) is 30.8 Å². The van der Waals surface area contributed by atoms with Gasteiger partial charge in [0.15, 0.2) is 0 Å². The number of benzene rings is 1. The van der Waals surface area contributed by atoms with E-state index in [1.807, 2.05) is 30.3 Å². The molecule has 2 rings (SSSR count). The van der Waals surface area contributed by atoms with Crippen LogP contribution in [0.1, 0.15) is 20.1 Å². The second kappa shape index (κ2) is 8.98. The van der Waals surface area contributed by atoms with Crippen LogP contribution < -0.4 is 14.8 Å². The summed E-state index contributed by atoms with van der Waals surface area (Å²) >= 11 is 1.37. The van der Waals surface area contributed by atoms with E-state index >= 15 is 0 Å². The molecule has 0 aliphatic rings. The van der Waals surface area contributed by atoms with Crippen LogP contribution in [0.5, 0.6) is 5.75 Å². The molecule has 25 heavy (non-hydrogen) atoms. The molecule has 1 amide bonds. The van der Waals surface area contributed by atoms with Crippen molar-refractivity contribution in [3.05, 3.63) is 51.7 Å². The number of ether oxygens (including phenoxy) is 1. The van der Waals surface area contributed by atoms with Crippen molar-refractivity contribution in [1.82, 2.24) is 10.0 Å². The number of thiophene rings is 1. The maximum absolute atomic E-state index is 12.2. The fraction of sp³-hybridized carbons (Fsp3) is 0.353. The highest BCUT2D eigenvalue weighted by Gasteiger charge is 2.10. The number of hydrogen-bond donors (Lipinski definition) is 2. The van der Waals surface area contributed by atoms with Gasteiger partial charge in [-0.2, -0.15) is 0 Å². The van der Waals surface area contributed by atoms with Gasteiger partial charge in [0.25, 0.3) is 5.91 Å². The van der Waals surface area contributed by atoms with E-state index in [1.165, 1.54) is 11.3 Å². The fourth-order valence-electron chi connectivity index (χ4n) is 2.30. The third-order valence-corrected chi connectivity index (χ3v) is 5.37. The highest BCUT2D eigenvalue weighted by molar-refractivity contribution is 7.88. The molecule has 0 saturated heterocycles. The number of carbonyl (C=O) groups is 1. The van der Waals surface area contributed by atoms with Gasteiger partial charge >= 0.3 is 0 Å². The van der Waals surface area contributed by atoms with Crippen LogP contribution in [0.25, 0.3) is 0 Å². The molecule has 1 heterocycles. The number of hydrogen-bond acceptors (Lipinski definition) is 5. The van der Waals surface area contributed by atoms with Gasteiger partial charge in [-0.05, 0) is 36.6 Å². The zero-order chi connectivity index (χ0) is 18.3. The first kappa shape index (κ1) is 19.4. The lowest BCUT2D eigenvalue weighted by molar-refractivity contribution is 0.0958. The van der Waals surface area contributed by atoms with Crippen LogP contribution in [-0.2, 0) is 22.9 Å². The van der Waals surface area contributed by atoms with Crippen LogP contribution in [-0.4, -0.2) is 40.8 Å². The van der Waals surface area contributed by atoms with Gasteiger partial charge in [0.2, 0.25) is 10.0 Å².